The second-order valence-electron chi connectivity index (χ2n) is 3.60. The van der Waals surface area contributed by atoms with E-state index in [1.807, 2.05) is 0 Å². The minimum absolute atomic E-state index is 0.0586. The molecule has 0 bridgehead atoms. The first kappa shape index (κ1) is 11.5. The molecule has 0 radical (unpaired) electrons. The number of hydrogen-bond acceptors (Lipinski definition) is 3. The monoisotopic (exact) mass is 241 g/mol. The van der Waals surface area contributed by atoms with E-state index < -0.39 is 23.6 Å². The van der Waals surface area contributed by atoms with Crippen molar-refractivity contribution in [1.82, 2.24) is 9.55 Å². The van der Waals surface area contributed by atoms with Crippen molar-refractivity contribution in [3.8, 4) is 0 Å². The van der Waals surface area contributed by atoms with Crippen LogP contribution in [0, 0.1) is 11.6 Å². The maximum Gasteiger partial charge on any atom is 0.322 e. The molecule has 7 heteroatoms. The van der Waals surface area contributed by atoms with Crippen LogP contribution in [0.15, 0.2) is 18.5 Å². The van der Waals surface area contributed by atoms with Gasteiger partial charge in [0.1, 0.15) is 6.04 Å². The first-order chi connectivity index (χ1) is 7.99. The SMILES string of the molecule is N[C@H](Cn1cnc2cc(F)c(F)cc21)C(=O)O. The van der Waals surface area contributed by atoms with Gasteiger partial charge in [-0.05, 0) is 0 Å². The number of carboxylic acid groups (broad SMARTS) is 1. The summed E-state index contributed by atoms with van der Waals surface area (Å²) in [7, 11) is 0. The van der Waals surface area contributed by atoms with E-state index in [1.54, 1.807) is 0 Å². The molecule has 0 spiro atoms. The van der Waals surface area contributed by atoms with E-state index in [0.29, 0.717) is 5.52 Å². The fraction of sp³-hybridized carbons (Fsp3) is 0.200. The number of carbonyl (C=O) groups is 1. The van der Waals surface area contributed by atoms with Gasteiger partial charge in [-0.25, -0.2) is 13.8 Å². The summed E-state index contributed by atoms with van der Waals surface area (Å²) in [6, 6.07) is 0.792. The van der Waals surface area contributed by atoms with Crippen LogP contribution in [-0.4, -0.2) is 26.7 Å². The molecule has 0 fully saturated rings. The van der Waals surface area contributed by atoms with Crippen molar-refractivity contribution >= 4 is 17.0 Å². The minimum Gasteiger partial charge on any atom is -0.480 e. The molecule has 90 valence electrons. The smallest absolute Gasteiger partial charge is 0.322 e. The van der Waals surface area contributed by atoms with Crippen molar-refractivity contribution in [2.75, 3.05) is 0 Å². The average molecular weight is 241 g/mol. The number of halogens is 2. The quantitative estimate of drug-likeness (QED) is 0.829. The molecule has 17 heavy (non-hydrogen) atoms. The van der Waals surface area contributed by atoms with Crippen LogP contribution >= 0.6 is 0 Å². The summed E-state index contributed by atoms with van der Waals surface area (Å²) in [5.41, 5.74) is 5.91. The number of nitrogens with zero attached hydrogens (tertiary/aromatic N) is 2. The van der Waals surface area contributed by atoms with E-state index in [2.05, 4.69) is 4.98 Å². The third-order valence-electron chi connectivity index (χ3n) is 2.37. The van der Waals surface area contributed by atoms with Crippen LogP contribution < -0.4 is 5.73 Å². The summed E-state index contributed by atoms with van der Waals surface area (Å²) >= 11 is 0. The Morgan fingerprint density at radius 1 is 1.47 bits per heavy atom. The highest BCUT2D eigenvalue weighted by molar-refractivity contribution is 5.76. The molecule has 0 unspecified atom stereocenters. The number of carboxylic acids is 1. The molecule has 0 aliphatic heterocycles. The summed E-state index contributed by atoms with van der Waals surface area (Å²) in [4.78, 5) is 14.4. The maximum atomic E-state index is 13.0. The number of benzene rings is 1. The Labute approximate surface area is 94.5 Å². The zero-order valence-electron chi connectivity index (χ0n) is 8.60. The van der Waals surface area contributed by atoms with Crippen LogP contribution in [0.25, 0.3) is 11.0 Å². The number of fused-ring (bicyclic) bond motifs is 1. The second kappa shape index (κ2) is 4.10. The molecular weight excluding hydrogens is 232 g/mol. The first-order valence-electron chi connectivity index (χ1n) is 4.77. The van der Waals surface area contributed by atoms with Gasteiger partial charge >= 0.3 is 5.97 Å². The van der Waals surface area contributed by atoms with Gasteiger partial charge in [-0.3, -0.25) is 4.79 Å². The highest BCUT2D eigenvalue weighted by Crippen LogP contribution is 2.17. The Kier molecular flexibility index (Phi) is 2.76. The van der Waals surface area contributed by atoms with E-state index in [9.17, 15) is 13.6 Å². The van der Waals surface area contributed by atoms with E-state index in [1.165, 1.54) is 10.9 Å². The fourth-order valence-corrected chi connectivity index (χ4v) is 1.49. The molecule has 1 heterocycles. The number of aromatic nitrogens is 2. The van der Waals surface area contributed by atoms with Crippen molar-refractivity contribution in [2.45, 2.75) is 12.6 Å². The predicted molar refractivity (Wildman–Crippen MR) is 55.3 cm³/mol. The number of nitrogens with two attached hydrogens (primary N) is 1. The first-order valence-corrected chi connectivity index (χ1v) is 4.77. The van der Waals surface area contributed by atoms with Crippen LogP contribution in [0.5, 0.6) is 0 Å². The van der Waals surface area contributed by atoms with Crippen LogP contribution in [0.2, 0.25) is 0 Å². The lowest BCUT2D eigenvalue weighted by atomic mass is 10.2. The molecule has 2 rings (SSSR count). The molecule has 0 saturated heterocycles. The lowest BCUT2D eigenvalue weighted by Crippen LogP contribution is -2.34. The zero-order chi connectivity index (χ0) is 12.6. The topological polar surface area (TPSA) is 81.1 Å². The van der Waals surface area contributed by atoms with Gasteiger partial charge in [0.15, 0.2) is 11.6 Å². The van der Waals surface area contributed by atoms with Crippen molar-refractivity contribution in [1.29, 1.82) is 0 Å². The number of hydrogen-bond donors (Lipinski definition) is 2. The molecule has 0 amide bonds. The van der Waals surface area contributed by atoms with Gasteiger partial charge in [0.25, 0.3) is 0 Å². The van der Waals surface area contributed by atoms with Gasteiger partial charge in [-0.1, -0.05) is 0 Å². The van der Waals surface area contributed by atoms with Gasteiger partial charge in [-0.15, -0.1) is 0 Å². The van der Waals surface area contributed by atoms with Gasteiger partial charge in [0.05, 0.1) is 23.9 Å². The second-order valence-corrected chi connectivity index (χ2v) is 3.60. The largest absolute Gasteiger partial charge is 0.480 e. The van der Waals surface area contributed by atoms with Crippen molar-refractivity contribution in [3.63, 3.8) is 0 Å². The van der Waals surface area contributed by atoms with Crippen molar-refractivity contribution in [3.05, 3.63) is 30.1 Å². The Morgan fingerprint density at radius 3 is 2.76 bits per heavy atom. The Hall–Kier alpha value is -2.02. The molecular formula is C10H9F2N3O2. The summed E-state index contributed by atoms with van der Waals surface area (Å²) in [6.45, 7) is -0.0586. The fourth-order valence-electron chi connectivity index (χ4n) is 1.49. The van der Waals surface area contributed by atoms with E-state index in [0.717, 1.165) is 12.1 Å². The van der Waals surface area contributed by atoms with E-state index in [4.69, 9.17) is 10.8 Å². The molecule has 1 aromatic carbocycles. The number of aliphatic carboxylic acids is 1. The molecule has 0 aliphatic carbocycles. The van der Waals surface area contributed by atoms with Crippen LogP contribution in [-0.2, 0) is 11.3 Å². The van der Waals surface area contributed by atoms with Gasteiger partial charge in [0, 0.05) is 12.1 Å². The highest BCUT2D eigenvalue weighted by atomic mass is 19.2. The molecule has 0 aliphatic rings. The number of imidazole rings is 1. The van der Waals surface area contributed by atoms with Crippen molar-refractivity contribution in [2.24, 2.45) is 5.73 Å². The number of rotatable bonds is 3. The summed E-state index contributed by atoms with van der Waals surface area (Å²) < 4.78 is 27.3. The summed E-state index contributed by atoms with van der Waals surface area (Å²) in [6.07, 6.45) is 1.30. The molecule has 1 atom stereocenters. The van der Waals surface area contributed by atoms with Crippen molar-refractivity contribution < 1.29 is 18.7 Å². The molecule has 1 aromatic heterocycles. The van der Waals surface area contributed by atoms with Crippen LogP contribution in [0.3, 0.4) is 0 Å². The highest BCUT2D eigenvalue weighted by Gasteiger charge is 2.15. The van der Waals surface area contributed by atoms with Gasteiger partial charge in [0.2, 0.25) is 0 Å². The van der Waals surface area contributed by atoms with Crippen LogP contribution in [0.4, 0.5) is 8.78 Å². The minimum atomic E-state index is -1.17. The summed E-state index contributed by atoms with van der Waals surface area (Å²) in [5, 5.41) is 8.66. The van der Waals surface area contributed by atoms with Gasteiger partial charge < -0.3 is 15.4 Å². The maximum absolute atomic E-state index is 13.0. The average Bonchev–Trinajstić information content (AvgIpc) is 2.62. The Bertz CT molecular complexity index is 582. The third-order valence-corrected chi connectivity index (χ3v) is 2.37. The molecule has 3 N–H and O–H groups in total. The normalized spacial score (nSPS) is 12.9. The Balaban J connectivity index is 2.42. The van der Waals surface area contributed by atoms with E-state index >= 15 is 0 Å². The Morgan fingerprint density at radius 2 is 2.12 bits per heavy atom. The third kappa shape index (κ3) is 2.09. The lowest BCUT2D eigenvalue weighted by Gasteiger charge is -2.08. The summed E-state index contributed by atoms with van der Waals surface area (Å²) in [5.74, 6) is -3.18. The lowest BCUT2D eigenvalue weighted by molar-refractivity contribution is -0.138. The van der Waals surface area contributed by atoms with Crippen LogP contribution in [0.1, 0.15) is 0 Å². The zero-order valence-corrected chi connectivity index (χ0v) is 8.60. The molecule has 5 nitrogen and oxygen atoms in total. The molecule has 0 saturated carbocycles. The standard InChI is InChI=1S/C10H9F2N3O2/c11-5-1-8-9(2-6(5)12)15(4-14-8)3-7(13)10(16)17/h1-2,4,7H,3,13H2,(H,16,17)/t7-/m1/s1. The molecule has 2 aromatic rings. The predicted octanol–water partition coefficient (Wildman–Crippen LogP) is 0.726. The van der Waals surface area contributed by atoms with E-state index in [-0.39, 0.29) is 12.1 Å². The van der Waals surface area contributed by atoms with Gasteiger partial charge in [-0.2, -0.15) is 0 Å².